The Morgan fingerprint density at radius 2 is 1.81 bits per heavy atom. The van der Waals surface area contributed by atoms with Gasteiger partial charge in [0.05, 0.1) is 0 Å². The van der Waals surface area contributed by atoms with Gasteiger partial charge in [0.15, 0.2) is 6.29 Å². The summed E-state index contributed by atoms with van der Waals surface area (Å²) in [5, 5.41) is 3.04. The summed E-state index contributed by atoms with van der Waals surface area (Å²) in [5.74, 6) is 0.674. The van der Waals surface area contributed by atoms with Gasteiger partial charge >= 0.3 is 0 Å². The predicted molar refractivity (Wildman–Crippen MR) is 68.2 cm³/mol. The van der Waals surface area contributed by atoms with Crippen molar-refractivity contribution in [3.63, 3.8) is 0 Å². The molecule has 0 aromatic rings. The third kappa shape index (κ3) is 3.51. The Kier molecular flexibility index (Phi) is 5.30. The minimum atomic E-state index is 0.674. The number of rotatable bonds is 4. The number of hydrogen-bond donors (Lipinski definition) is 1. The quantitative estimate of drug-likeness (QED) is 0.449. The molecular weight excluding hydrogens is 198 g/mol. The lowest BCUT2D eigenvalue weighted by molar-refractivity contribution is -0.104. The first kappa shape index (κ1) is 13.0. The minimum absolute atomic E-state index is 0.674. The van der Waals surface area contributed by atoms with Crippen molar-refractivity contribution in [2.24, 2.45) is 5.92 Å². The molecule has 1 aliphatic carbocycles. The van der Waals surface area contributed by atoms with E-state index >= 15 is 0 Å². The van der Waals surface area contributed by atoms with Crippen LogP contribution in [0.3, 0.4) is 0 Å². The third-order valence-electron chi connectivity index (χ3n) is 3.46. The van der Waals surface area contributed by atoms with Crippen LogP contribution in [0.15, 0.2) is 22.9 Å². The molecule has 0 bridgehead atoms. The van der Waals surface area contributed by atoms with Crippen molar-refractivity contribution < 1.29 is 4.79 Å². The van der Waals surface area contributed by atoms with E-state index in [1.807, 2.05) is 20.9 Å². The monoisotopic (exact) mass is 221 g/mol. The van der Waals surface area contributed by atoms with E-state index in [0.717, 1.165) is 23.1 Å². The van der Waals surface area contributed by atoms with E-state index in [1.165, 1.54) is 32.1 Å². The van der Waals surface area contributed by atoms with E-state index in [-0.39, 0.29) is 0 Å². The number of carbonyl (C=O) groups excluding carboxylic acids is 1. The summed E-state index contributed by atoms with van der Waals surface area (Å²) in [6.07, 6.45) is 9.84. The van der Waals surface area contributed by atoms with Crippen molar-refractivity contribution in [3.8, 4) is 0 Å². The molecule has 1 rings (SSSR count). The largest absolute Gasteiger partial charge is 0.391 e. The second-order valence-corrected chi connectivity index (χ2v) is 4.65. The van der Waals surface area contributed by atoms with Crippen molar-refractivity contribution >= 4 is 6.29 Å². The fourth-order valence-electron chi connectivity index (χ4n) is 2.36. The topological polar surface area (TPSA) is 29.1 Å². The van der Waals surface area contributed by atoms with Gasteiger partial charge in [0.1, 0.15) is 0 Å². The third-order valence-corrected chi connectivity index (χ3v) is 3.46. The van der Waals surface area contributed by atoms with E-state index in [9.17, 15) is 4.79 Å². The van der Waals surface area contributed by atoms with Crippen LogP contribution in [-0.4, -0.2) is 13.3 Å². The van der Waals surface area contributed by atoms with E-state index < -0.39 is 0 Å². The maximum Gasteiger partial charge on any atom is 0.152 e. The maximum atomic E-state index is 11.0. The zero-order valence-corrected chi connectivity index (χ0v) is 10.7. The van der Waals surface area contributed by atoms with Crippen molar-refractivity contribution in [2.75, 3.05) is 7.05 Å². The van der Waals surface area contributed by atoms with Gasteiger partial charge in [-0.3, -0.25) is 4.79 Å². The molecule has 0 saturated heterocycles. The molecule has 2 nitrogen and oxygen atoms in total. The second kappa shape index (κ2) is 6.51. The van der Waals surface area contributed by atoms with Gasteiger partial charge in [-0.2, -0.15) is 0 Å². The summed E-state index contributed by atoms with van der Waals surface area (Å²) in [6.45, 7) is 3.99. The highest BCUT2D eigenvalue weighted by molar-refractivity contribution is 5.80. The fourth-order valence-corrected chi connectivity index (χ4v) is 2.36. The Labute approximate surface area is 98.8 Å². The Morgan fingerprint density at radius 3 is 2.31 bits per heavy atom. The van der Waals surface area contributed by atoms with Crippen LogP contribution in [0, 0.1) is 5.92 Å². The zero-order chi connectivity index (χ0) is 12.0. The summed E-state index contributed by atoms with van der Waals surface area (Å²) in [5.41, 5.74) is 2.89. The average Bonchev–Trinajstić information content (AvgIpc) is 2.31. The van der Waals surface area contributed by atoms with Crippen LogP contribution in [0.1, 0.15) is 46.0 Å². The molecule has 16 heavy (non-hydrogen) atoms. The standard InChI is InChI=1S/C14H23NO/c1-11(14(10-16)12(2)15-3)9-13-7-5-4-6-8-13/h9-10,13,15H,4-8H2,1-3H3/b11-9+,14-12-. The molecule has 0 atom stereocenters. The molecule has 0 aliphatic heterocycles. The molecule has 0 heterocycles. The Balaban J connectivity index is 2.77. The number of nitrogens with one attached hydrogen (secondary N) is 1. The van der Waals surface area contributed by atoms with Crippen molar-refractivity contribution in [1.29, 1.82) is 0 Å². The highest BCUT2D eigenvalue weighted by Gasteiger charge is 2.12. The second-order valence-electron chi connectivity index (χ2n) is 4.65. The molecule has 1 aliphatic rings. The Hall–Kier alpha value is -1.05. The van der Waals surface area contributed by atoms with E-state index in [1.54, 1.807) is 0 Å². The number of allylic oxidation sites excluding steroid dienone is 4. The van der Waals surface area contributed by atoms with Gasteiger partial charge in [-0.25, -0.2) is 0 Å². The van der Waals surface area contributed by atoms with Crippen LogP contribution in [0.25, 0.3) is 0 Å². The zero-order valence-electron chi connectivity index (χ0n) is 10.7. The Bertz CT molecular complexity index is 296. The van der Waals surface area contributed by atoms with Crippen LogP contribution in [0.4, 0.5) is 0 Å². The van der Waals surface area contributed by atoms with Crippen LogP contribution in [0.2, 0.25) is 0 Å². The molecule has 0 spiro atoms. The summed E-state index contributed by atoms with van der Waals surface area (Å²) >= 11 is 0. The lowest BCUT2D eigenvalue weighted by Crippen LogP contribution is -2.09. The molecular formula is C14H23NO. The van der Waals surface area contributed by atoms with Gasteiger partial charge in [0.25, 0.3) is 0 Å². The molecule has 1 N–H and O–H groups in total. The van der Waals surface area contributed by atoms with Crippen molar-refractivity contribution in [2.45, 2.75) is 46.0 Å². The van der Waals surface area contributed by atoms with Crippen LogP contribution in [0.5, 0.6) is 0 Å². The van der Waals surface area contributed by atoms with E-state index in [0.29, 0.717) is 5.92 Å². The molecule has 1 saturated carbocycles. The SMILES string of the molecule is CN/C(C)=C(C=O)\C(C)=C\C1CCCCC1. The highest BCUT2D eigenvalue weighted by Crippen LogP contribution is 2.26. The van der Waals surface area contributed by atoms with E-state index in [2.05, 4.69) is 11.4 Å². The molecule has 0 radical (unpaired) electrons. The fraction of sp³-hybridized carbons (Fsp3) is 0.643. The number of hydrogen-bond acceptors (Lipinski definition) is 2. The molecule has 0 amide bonds. The highest BCUT2D eigenvalue weighted by atomic mass is 16.1. The van der Waals surface area contributed by atoms with Gasteiger partial charge in [0, 0.05) is 18.3 Å². The van der Waals surface area contributed by atoms with Crippen LogP contribution < -0.4 is 5.32 Å². The summed E-state index contributed by atoms with van der Waals surface area (Å²) in [4.78, 5) is 11.0. The minimum Gasteiger partial charge on any atom is -0.391 e. The van der Waals surface area contributed by atoms with Gasteiger partial charge in [-0.1, -0.05) is 25.3 Å². The Morgan fingerprint density at radius 1 is 1.19 bits per heavy atom. The normalized spacial score (nSPS) is 20.3. The van der Waals surface area contributed by atoms with Gasteiger partial charge < -0.3 is 5.32 Å². The van der Waals surface area contributed by atoms with Crippen LogP contribution in [-0.2, 0) is 4.79 Å². The summed E-state index contributed by atoms with van der Waals surface area (Å²) in [6, 6.07) is 0. The van der Waals surface area contributed by atoms with Crippen molar-refractivity contribution in [3.05, 3.63) is 22.9 Å². The van der Waals surface area contributed by atoms with Crippen LogP contribution >= 0.6 is 0 Å². The average molecular weight is 221 g/mol. The summed E-state index contributed by atoms with van der Waals surface area (Å²) in [7, 11) is 1.85. The van der Waals surface area contributed by atoms with Crippen molar-refractivity contribution in [1.82, 2.24) is 5.32 Å². The predicted octanol–water partition coefficient (Wildman–Crippen LogP) is 3.21. The first-order valence-corrected chi connectivity index (χ1v) is 6.21. The molecule has 0 aromatic carbocycles. The number of carbonyl (C=O) groups is 1. The van der Waals surface area contributed by atoms with Gasteiger partial charge in [-0.15, -0.1) is 0 Å². The number of aldehydes is 1. The lowest BCUT2D eigenvalue weighted by atomic mass is 9.87. The molecule has 0 aromatic heterocycles. The van der Waals surface area contributed by atoms with Gasteiger partial charge in [0.2, 0.25) is 0 Å². The molecule has 1 fully saturated rings. The molecule has 90 valence electrons. The first-order valence-electron chi connectivity index (χ1n) is 6.21. The van der Waals surface area contributed by atoms with E-state index in [4.69, 9.17) is 0 Å². The molecule has 0 unspecified atom stereocenters. The van der Waals surface area contributed by atoms with Gasteiger partial charge in [-0.05, 0) is 38.2 Å². The molecule has 2 heteroatoms. The first-order chi connectivity index (χ1) is 7.69. The summed E-state index contributed by atoms with van der Waals surface area (Å²) < 4.78 is 0. The smallest absolute Gasteiger partial charge is 0.152 e. The maximum absolute atomic E-state index is 11.0. The lowest BCUT2D eigenvalue weighted by Gasteiger charge is -2.19.